The van der Waals surface area contributed by atoms with E-state index in [1.807, 2.05) is 0 Å². The Labute approximate surface area is 103 Å². The first-order chi connectivity index (χ1) is 8.42. The summed E-state index contributed by atoms with van der Waals surface area (Å²) in [7, 11) is 0. The van der Waals surface area contributed by atoms with Crippen molar-refractivity contribution in [1.29, 1.82) is 0 Å². The van der Waals surface area contributed by atoms with Gasteiger partial charge in [-0.1, -0.05) is 12.1 Å². The molecule has 0 aromatic heterocycles. The lowest BCUT2D eigenvalue weighted by molar-refractivity contribution is 0.122. The highest BCUT2D eigenvalue weighted by Crippen LogP contribution is 2.19. The molecule has 2 heterocycles. The van der Waals surface area contributed by atoms with Crippen molar-refractivity contribution in [2.24, 2.45) is 5.92 Å². The van der Waals surface area contributed by atoms with E-state index in [0.717, 1.165) is 32.2 Å². The highest BCUT2D eigenvalue weighted by Gasteiger charge is 2.17. The number of rotatable bonds is 3. The lowest BCUT2D eigenvalue weighted by atomic mass is 9.94. The molecule has 17 heavy (non-hydrogen) atoms. The summed E-state index contributed by atoms with van der Waals surface area (Å²) >= 11 is 0. The number of morpholine rings is 1. The normalized spacial score (nSPS) is 21.3. The Morgan fingerprint density at radius 2 is 1.82 bits per heavy atom. The van der Waals surface area contributed by atoms with Gasteiger partial charge in [0.25, 0.3) is 0 Å². The van der Waals surface area contributed by atoms with Crippen LogP contribution in [0.5, 0.6) is 0 Å². The molecule has 0 saturated carbocycles. The van der Waals surface area contributed by atoms with E-state index < -0.39 is 0 Å². The van der Waals surface area contributed by atoms with Crippen LogP contribution < -0.4 is 10.2 Å². The van der Waals surface area contributed by atoms with E-state index in [4.69, 9.17) is 4.74 Å². The van der Waals surface area contributed by atoms with Crippen LogP contribution in [0.25, 0.3) is 0 Å². The zero-order chi connectivity index (χ0) is 11.5. The van der Waals surface area contributed by atoms with E-state index in [0.29, 0.717) is 0 Å². The molecule has 2 aliphatic heterocycles. The minimum atomic E-state index is 0.851. The molecule has 2 aliphatic rings. The topological polar surface area (TPSA) is 24.5 Å². The second kappa shape index (κ2) is 5.07. The van der Waals surface area contributed by atoms with Crippen LogP contribution in [-0.2, 0) is 11.2 Å². The smallest absolute Gasteiger partial charge is 0.0642 e. The largest absolute Gasteiger partial charge is 0.378 e. The number of hydrogen-bond donors (Lipinski definition) is 1. The average Bonchev–Trinajstić information content (AvgIpc) is 2.36. The average molecular weight is 232 g/mol. The van der Waals surface area contributed by atoms with Gasteiger partial charge in [-0.15, -0.1) is 0 Å². The van der Waals surface area contributed by atoms with Crippen molar-refractivity contribution in [3.8, 4) is 0 Å². The molecule has 0 unspecified atom stereocenters. The van der Waals surface area contributed by atoms with E-state index in [1.165, 1.54) is 30.8 Å². The quantitative estimate of drug-likeness (QED) is 0.850. The fraction of sp³-hybridized carbons (Fsp3) is 0.571. The van der Waals surface area contributed by atoms with Gasteiger partial charge in [-0.3, -0.25) is 0 Å². The Balaban J connectivity index is 1.62. The summed E-state index contributed by atoms with van der Waals surface area (Å²) in [4.78, 5) is 2.40. The van der Waals surface area contributed by atoms with E-state index in [2.05, 4.69) is 34.5 Å². The summed E-state index contributed by atoms with van der Waals surface area (Å²) < 4.78 is 5.37. The van der Waals surface area contributed by atoms with Crippen molar-refractivity contribution >= 4 is 5.69 Å². The first kappa shape index (κ1) is 11.1. The lowest BCUT2D eigenvalue weighted by Crippen LogP contribution is -2.43. The van der Waals surface area contributed by atoms with Gasteiger partial charge in [-0.05, 0) is 43.1 Å². The molecular weight excluding hydrogens is 212 g/mol. The van der Waals surface area contributed by atoms with Gasteiger partial charge in [0.15, 0.2) is 0 Å². The summed E-state index contributed by atoms with van der Waals surface area (Å²) in [5, 5.41) is 3.32. The molecule has 3 rings (SSSR count). The fourth-order valence-electron chi connectivity index (χ4n) is 2.49. The van der Waals surface area contributed by atoms with Gasteiger partial charge in [-0.25, -0.2) is 0 Å². The number of anilines is 1. The van der Waals surface area contributed by atoms with Crippen LogP contribution in [0.15, 0.2) is 24.3 Å². The van der Waals surface area contributed by atoms with Gasteiger partial charge in [0.1, 0.15) is 0 Å². The van der Waals surface area contributed by atoms with E-state index in [1.54, 1.807) is 0 Å². The standard InChI is InChI=1S/C14H20N2O/c1-3-14(16-5-7-17-8-6-16)4-2-12(1)9-13-10-15-11-13/h1-4,13,15H,5-11H2. The summed E-state index contributed by atoms with van der Waals surface area (Å²) in [5.74, 6) is 0.851. The molecule has 3 heteroatoms. The molecule has 1 N–H and O–H groups in total. The van der Waals surface area contributed by atoms with Gasteiger partial charge >= 0.3 is 0 Å². The van der Waals surface area contributed by atoms with E-state index in [-0.39, 0.29) is 0 Å². The van der Waals surface area contributed by atoms with Gasteiger partial charge in [-0.2, -0.15) is 0 Å². The number of nitrogens with one attached hydrogen (secondary N) is 1. The first-order valence-corrected chi connectivity index (χ1v) is 6.54. The Morgan fingerprint density at radius 1 is 1.12 bits per heavy atom. The molecule has 92 valence electrons. The molecule has 0 bridgehead atoms. The Hall–Kier alpha value is -1.06. The highest BCUT2D eigenvalue weighted by atomic mass is 16.5. The van der Waals surface area contributed by atoms with Crippen molar-refractivity contribution in [3.05, 3.63) is 29.8 Å². The number of nitrogens with zero attached hydrogens (tertiary/aromatic N) is 1. The van der Waals surface area contributed by atoms with Gasteiger partial charge in [0.05, 0.1) is 13.2 Å². The van der Waals surface area contributed by atoms with Crippen LogP contribution in [0.2, 0.25) is 0 Å². The molecule has 0 amide bonds. The molecule has 0 atom stereocenters. The van der Waals surface area contributed by atoms with E-state index in [9.17, 15) is 0 Å². The second-order valence-electron chi connectivity index (χ2n) is 4.99. The van der Waals surface area contributed by atoms with Crippen LogP contribution in [0, 0.1) is 5.92 Å². The van der Waals surface area contributed by atoms with Crippen molar-refractivity contribution in [3.63, 3.8) is 0 Å². The van der Waals surface area contributed by atoms with Crippen molar-refractivity contribution in [2.75, 3.05) is 44.3 Å². The first-order valence-electron chi connectivity index (χ1n) is 6.54. The molecule has 1 aromatic carbocycles. The maximum atomic E-state index is 5.37. The van der Waals surface area contributed by atoms with Gasteiger partial charge < -0.3 is 15.0 Å². The molecule has 0 spiro atoms. The van der Waals surface area contributed by atoms with Crippen LogP contribution >= 0.6 is 0 Å². The van der Waals surface area contributed by atoms with Gasteiger partial charge in [0, 0.05) is 18.8 Å². The Morgan fingerprint density at radius 3 is 2.41 bits per heavy atom. The summed E-state index contributed by atoms with van der Waals surface area (Å²) in [6.45, 7) is 6.12. The Kier molecular flexibility index (Phi) is 3.29. The minimum Gasteiger partial charge on any atom is -0.378 e. The molecule has 0 radical (unpaired) electrons. The number of hydrogen-bond acceptors (Lipinski definition) is 3. The van der Waals surface area contributed by atoms with Crippen LogP contribution in [0.3, 0.4) is 0 Å². The lowest BCUT2D eigenvalue weighted by Gasteiger charge is -2.29. The maximum absolute atomic E-state index is 5.37. The van der Waals surface area contributed by atoms with E-state index >= 15 is 0 Å². The maximum Gasteiger partial charge on any atom is 0.0642 e. The summed E-state index contributed by atoms with van der Waals surface area (Å²) in [5.41, 5.74) is 2.80. The van der Waals surface area contributed by atoms with Crippen LogP contribution in [-0.4, -0.2) is 39.4 Å². The molecular formula is C14H20N2O. The summed E-state index contributed by atoms with van der Waals surface area (Å²) in [6, 6.07) is 9.08. The van der Waals surface area contributed by atoms with Crippen molar-refractivity contribution in [2.45, 2.75) is 6.42 Å². The van der Waals surface area contributed by atoms with Crippen molar-refractivity contribution in [1.82, 2.24) is 5.32 Å². The highest BCUT2D eigenvalue weighted by molar-refractivity contribution is 5.48. The second-order valence-corrected chi connectivity index (χ2v) is 4.99. The SMILES string of the molecule is c1cc(N2CCOCC2)ccc1CC1CNC1. The minimum absolute atomic E-state index is 0.851. The molecule has 2 fully saturated rings. The Bertz CT molecular complexity index is 353. The zero-order valence-corrected chi connectivity index (χ0v) is 10.2. The zero-order valence-electron chi connectivity index (χ0n) is 10.2. The third-order valence-electron chi connectivity index (χ3n) is 3.70. The predicted molar refractivity (Wildman–Crippen MR) is 69.5 cm³/mol. The third-order valence-corrected chi connectivity index (χ3v) is 3.70. The molecule has 3 nitrogen and oxygen atoms in total. The molecule has 0 aliphatic carbocycles. The number of ether oxygens (including phenoxy) is 1. The predicted octanol–water partition coefficient (Wildman–Crippen LogP) is 1.29. The number of benzene rings is 1. The molecule has 2 saturated heterocycles. The van der Waals surface area contributed by atoms with Gasteiger partial charge in [0.2, 0.25) is 0 Å². The molecule has 1 aromatic rings. The van der Waals surface area contributed by atoms with Crippen molar-refractivity contribution < 1.29 is 4.74 Å². The van der Waals surface area contributed by atoms with Crippen LogP contribution in [0.1, 0.15) is 5.56 Å². The monoisotopic (exact) mass is 232 g/mol. The van der Waals surface area contributed by atoms with Crippen LogP contribution in [0.4, 0.5) is 5.69 Å². The third kappa shape index (κ3) is 2.61. The fourth-order valence-corrected chi connectivity index (χ4v) is 2.49. The summed E-state index contributed by atoms with van der Waals surface area (Å²) in [6.07, 6.45) is 1.22.